The average Bonchev–Trinajstić information content (AvgIpc) is 2.95. The van der Waals surface area contributed by atoms with Crippen LogP contribution in [0.3, 0.4) is 0 Å². The maximum Gasteiger partial charge on any atom is 0.102 e. The van der Waals surface area contributed by atoms with E-state index >= 15 is 0 Å². The van der Waals surface area contributed by atoms with Gasteiger partial charge in [-0.1, -0.05) is 33.1 Å². The zero-order valence-electron chi connectivity index (χ0n) is 12.9. The lowest BCUT2D eigenvalue weighted by Gasteiger charge is -2.43. The topological polar surface area (TPSA) is 64.1 Å². The van der Waals surface area contributed by atoms with Gasteiger partial charge in [-0.2, -0.15) is 0 Å². The molecule has 1 fully saturated rings. The van der Waals surface area contributed by atoms with Crippen molar-refractivity contribution < 1.29 is 5.11 Å². The van der Waals surface area contributed by atoms with Gasteiger partial charge in [0.25, 0.3) is 0 Å². The summed E-state index contributed by atoms with van der Waals surface area (Å²) in [7, 11) is 0. The van der Waals surface area contributed by atoms with Gasteiger partial charge in [0.1, 0.15) is 6.10 Å². The Morgan fingerprint density at radius 3 is 3.00 bits per heavy atom. The van der Waals surface area contributed by atoms with Crippen LogP contribution in [0.25, 0.3) is 0 Å². The van der Waals surface area contributed by atoms with Gasteiger partial charge in [0.15, 0.2) is 0 Å². The molecule has 1 aromatic rings. The van der Waals surface area contributed by atoms with Crippen molar-refractivity contribution in [1.29, 1.82) is 0 Å². The first-order chi connectivity index (χ1) is 9.66. The second-order valence-electron chi connectivity index (χ2n) is 6.35. The number of hydrogen-bond donors (Lipinski definition) is 2. The van der Waals surface area contributed by atoms with E-state index < -0.39 is 6.10 Å². The Labute approximate surface area is 122 Å². The summed E-state index contributed by atoms with van der Waals surface area (Å²) < 4.78 is 2.08. The molecule has 1 saturated carbocycles. The molecule has 1 aliphatic carbocycles. The molecule has 1 aliphatic rings. The number of aliphatic hydroxyl groups is 1. The number of hydrogen-bond acceptors (Lipinski definition) is 3. The largest absolute Gasteiger partial charge is 0.386 e. The number of imidazole rings is 1. The summed E-state index contributed by atoms with van der Waals surface area (Å²) >= 11 is 0. The number of aliphatic hydroxyl groups excluding tert-OH is 1. The van der Waals surface area contributed by atoms with Crippen LogP contribution < -0.4 is 5.73 Å². The molecular formula is C16H29N3O. The highest BCUT2D eigenvalue weighted by Crippen LogP contribution is 2.48. The second-order valence-corrected chi connectivity index (χ2v) is 6.35. The Hall–Kier alpha value is -0.870. The van der Waals surface area contributed by atoms with E-state index in [4.69, 9.17) is 5.73 Å². The van der Waals surface area contributed by atoms with E-state index in [2.05, 4.69) is 23.4 Å². The van der Waals surface area contributed by atoms with E-state index in [1.807, 2.05) is 12.5 Å². The number of aryl methyl sites for hydroxylation is 1. The van der Waals surface area contributed by atoms with Crippen LogP contribution in [0.4, 0.5) is 0 Å². The fourth-order valence-electron chi connectivity index (χ4n) is 3.72. The van der Waals surface area contributed by atoms with Gasteiger partial charge in [0, 0.05) is 18.5 Å². The molecule has 0 aromatic carbocycles. The lowest BCUT2D eigenvalue weighted by molar-refractivity contribution is -0.0207. The Kier molecular flexibility index (Phi) is 5.22. The molecule has 0 radical (unpaired) electrons. The number of aromatic nitrogens is 2. The standard InChI is InChI=1S/C16H29N3O/c1-3-8-19-12-18-10-14(19)15(20)16(11-17)7-5-6-13(4-2)9-16/h10,12-13,15,20H,3-9,11,17H2,1-2H3. The van der Waals surface area contributed by atoms with Gasteiger partial charge in [-0.05, 0) is 25.2 Å². The third-order valence-electron chi connectivity index (χ3n) is 5.04. The maximum atomic E-state index is 11.0. The van der Waals surface area contributed by atoms with Gasteiger partial charge < -0.3 is 15.4 Å². The van der Waals surface area contributed by atoms with Crippen molar-refractivity contribution in [3.63, 3.8) is 0 Å². The van der Waals surface area contributed by atoms with Crippen molar-refractivity contribution in [2.24, 2.45) is 17.1 Å². The van der Waals surface area contributed by atoms with Crippen molar-refractivity contribution in [2.45, 2.75) is 65.0 Å². The first kappa shape index (κ1) is 15.5. The molecule has 1 aromatic heterocycles. The van der Waals surface area contributed by atoms with Crippen LogP contribution in [0.1, 0.15) is 64.2 Å². The summed E-state index contributed by atoms with van der Waals surface area (Å²) in [6.07, 6.45) is 9.90. The summed E-state index contributed by atoms with van der Waals surface area (Å²) in [5, 5.41) is 11.0. The molecule has 1 heterocycles. The predicted octanol–water partition coefficient (Wildman–Crippen LogP) is 2.87. The Bertz CT molecular complexity index is 418. The highest BCUT2D eigenvalue weighted by atomic mass is 16.3. The average molecular weight is 279 g/mol. The fraction of sp³-hybridized carbons (Fsp3) is 0.812. The highest BCUT2D eigenvalue weighted by molar-refractivity contribution is 5.10. The molecule has 4 nitrogen and oxygen atoms in total. The molecule has 114 valence electrons. The van der Waals surface area contributed by atoms with E-state index in [-0.39, 0.29) is 5.41 Å². The van der Waals surface area contributed by atoms with Crippen LogP contribution >= 0.6 is 0 Å². The van der Waals surface area contributed by atoms with E-state index in [9.17, 15) is 5.11 Å². The molecule has 0 saturated heterocycles. The molecule has 0 spiro atoms. The van der Waals surface area contributed by atoms with Crippen LogP contribution in [-0.2, 0) is 6.54 Å². The Morgan fingerprint density at radius 2 is 2.35 bits per heavy atom. The van der Waals surface area contributed by atoms with E-state index in [0.717, 1.165) is 31.5 Å². The first-order valence-electron chi connectivity index (χ1n) is 8.05. The molecule has 3 unspecified atom stereocenters. The molecule has 0 amide bonds. The van der Waals surface area contributed by atoms with Gasteiger partial charge in [-0.25, -0.2) is 4.98 Å². The molecule has 3 atom stereocenters. The summed E-state index contributed by atoms with van der Waals surface area (Å²) in [5.74, 6) is 0.699. The van der Waals surface area contributed by atoms with Crippen molar-refractivity contribution >= 4 is 0 Å². The van der Waals surface area contributed by atoms with Crippen molar-refractivity contribution in [1.82, 2.24) is 9.55 Å². The summed E-state index contributed by atoms with van der Waals surface area (Å²) in [5.41, 5.74) is 6.87. The van der Waals surface area contributed by atoms with Gasteiger partial charge in [-0.15, -0.1) is 0 Å². The minimum atomic E-state index is -0.490. The minimum Gasteiger partial charge on any atom is -0.386 e. The number of nitrogens with two attached hydrogens (primary N) is 1. The molecular weight excluding hydrogens is 250 g/mol. The van der Waals surface area contributed by atoms with Crippen LogP contribution in [0.5, 0.6) is 0 Å². The monoisotopic (exact) mass is 279 g/mol. The third kappa shape index (κ3) is 2.91. The number of rotatable bonds is 6. The van der Waals surface area contributed by atoms with E-state index in [1.165, 1.54) is 19.3 Å². The van der Waals surface area contributed by atoms with Crippen molar-refractivity contribution in [3.8, 4) is 0 Å². The fourth-order valence-corrected chi connectivity index (χ4v) is 3.72. The first-order valence-corrected chi connectivity index (χ1v) is 8.05. The third-order valence-corrected chi connectivity index (χ3v) is 5.04. The van der Waals surface area contributed by atoms with Gasteiger partial charge in [0.2, 0.25) is 0 Å². The molecule has 3 N–H and O–H groups in total. The van der Waals surface area contributed by atoms with Crippen LogP contribution in [-0.4, -0.2) is 21.2 Å². The normalized spacial score (nSPS) is 28.5. The molecule has 4 heteroatoms. The molecule has 0 bridgehead atoms. The van der Waals surface area contributed by atoms with Crippen LogP contribution in [0, 0.1) is 11.3 Å². The van der Waals surface area contributed by atoms with Crippen LogP contribution in [0.15, 0.2) is 12.5 Å². The van der Waals surface area contributed by atoms with E-state index in [1.54, 1.807) is 0 Å². The maximum absolute atomic E-state index is 11.0. The van der Waals surface area contributed by atoms with Crippen LogP contribution in [0.2, 0.25) is 0 Å². The van der Waals surface area contributed by atoms with Gasteiger partial charge in [0.05, 0.1) is 18.2 Å². The highest BCUT2D eigenvalue weighted by Gasteiger charge is 2.42. The molecule has 2 rings (SSSR count). The zero-order valence-corrected chi connectivity index (χ0v) is 12.9. The van der Waals surface area contributed by atoms with Crippen molar-refractivity contribution in [2.75, 3.05) is 6.54 Å². The summed E-state index contributed by atoms with van der Waals surface area (Å²) in [6, 6.07) is 0. The predicted molar refractivity (Wildman–Crippen MR) is 81.2 cm³/mol. The SMILES string of the molecule is CCCn1cncc1C(O)C1(CN)CCCC(CC)C1. The quantitative estimate of drug-likeness (QED) is 0.841. The summed E-state index contributed by atoms with van der Waals surface area (Å²) in [6.45, 7) is 5.85. The van der Waals surface area contributed by atoms with E-state index in [0.29, 0.717) is 12.5 Å². The summed E-state index contributed by atoms with van der Waals surface area (Å²) in [4.78, 5) is 4.22. The lowest BCUT2D eigenvalue weighted by atomic mass is 9.65. The van der Waals surface area contributed by atoms with Gasteiger partial charge in [-0.3, -0.25) is 0 Å². The molecule has 0 aliphatic heterocycles. The zero-order chi connectivity index (χ0) is 14.6. The minimum absolute atomic E-state index is 0.162. The Balaban J connectivity index is 2.23. The number of nitrogens with zero attached hydrogens (tertiary/aromatic N) is 2. The Morgan fingerprint density at radius 1 is 1.55 bits per heavy atom. The van der Waals surface area contributed by atoms with Gasteiger partial charge >= 0.3 is 0 Å². The van der Waals surface area contributed by atoms with Crippen molar-refractivity contribution in [3.05, 3.63) is 18.2 Å². The smallest absolute Gasteiger partial charge is 0.102 e. The lowest BCUT2D eigenvalue weighted by Crippen LogP contribution is -2.41. The second kappa shape index (κ2) is 6.72. The molecule has 20 heavy (non-hydrogen) atoms.